The lowest BCUT2D eigenvalue weighted by atomic mass is 10.1. The molecule has 29 heavy (non-hydrogen) atoms. The molecule has 0 saturated heterocycles. The Labute approximate surface area is 171 Å². The number of aryl methyl sites for hydroxylation is 1. The number of halogens is 1. The fraction of sp³-hybridized carbons (Fsp3) is 0.409. The van der Waals surface area contributed by atoms with Crippen LogP contribution in [0.25, 0.3) is 0 Å². The van der Waals surface area contributed by atoms with Crippen LogP contribution >= 0.6 is 0 Å². The normalized spacial score (nSPS) is 14.6. The first-order valence-electron chi connectivity index (χ1n) is 9.75. The van der Waals surface area contributed by atoms with Gasteiger partial charge in [-0.25, -0.2) is 4.39 Å². The number of aliphatic imine (C=N–C) groups is 1. The smallest absolute Gasteiger partial charge is 0.191 e. The third-order valence-electron chi connectivity index (χ3n) is 4.64. The van der Waals surface area contributed by atoms with E-state index in [-0.39, 0.29) is 18.7 Å². The molecular formula is C22H28FN3O3. The highest BCUT2D eigenvalue weighted by molar-refractivity contribution is 5.79. The highest BCUT2D eigenvalue weighted by Crippen LogP contribution is 2.29. The van der Waals surface area contributed by atoms with Gasteiger partial charge in [0.15, 0.2) is 12.8 Å². The molecule has 0 saturated carbocycles. The van der Waals surface area contributed by atoms with E-state index in [1.807, 2.05) is 38.1 Å². The predicted molar refractivity (Wildman–Crippen MR) is 111 cm³/mol. The first-order chi connectivity index (χ1) is 14.1. The van der Waals surface area contributed by atoms with Crippen LogP contribution in [0, 0.1) is 12.7 Å². The van der Waals surface area contributed by atoms with Crippen LogP contribution in [0.1, 0.15) is 23.6 Å². The molecule has 0 bridgehead atoms. The molecule has 1 aliphatic rings. The van der Waals surface area contributed by atoms with Crippen LogP contribution in [0.2, 0.25) is 0 Å². The molecule has 2 N–H and O–H groups in total. The van der Waals surface area contributed by atoms with Gasteiger partial charge in [-0.2, -0.15) is 0 Å². The summed E-state index contributed by atoms with van der Waals surface area (Å²) in [4.78, 5) is 4.23. The van der Waals surface area contributed by atoms with Gasteiger partial charge in [0.2, 0.25) is 0 Å². The average Bonchev–Trinajstić information content (AvgIpc) is 2.72. The fourth-order valence-electron chi connectivity index (χ4n) is 3.17. The number of nitrogens with zero attached hydrogens (tertiary/aromatic N) is 1. The van der Waals surface area contributed by atoms with Crippen molar-refractivity contribution in [2.45, 2.75) is 33.0 Å². The maximum atomic E-state index is 13.8. The van der Waals surface area contributed by atoms with E-state index >= 15 is 0 Å². The number of hydrogen-bond acceptors (Lipinski definition) is 4. The quantitative estimate of drug-likeness (QED) is 0.551. The number of nitrogens with one attached hydrogen (secondary N) is 2. The minimum atomic E-state index is -0.280. The van der Waals surface area contributed by atoms with Crippen molar-refractivity contribution >= 4 is 5.96 Å². The van der Waals surface area contributed by atoms with Crippen LogP contribution in [-0.4, -0.2) is 39.0 Å². The second-order valence-corrected chi connectivity index (χ2v) is 6.99. The zero-order valence-corrected chi connectivity index (χ0v) is 17.1. The Balaban J connectivity index is 1.48. The molecule has 0 fully saturated rings. The number of ether oxygens (including phenoxy) is 3. The lowest BCUT2D eigenvalue weighted by Gasteiger charge is -2.21. The van der Waals surface area contributed by atoms with Gasteiger partial charge in [-0.05, 0) is 49.6 Å². The predicted octanol–water partition coefficient (Wildman–Crippen LogP) is 3.18. The van der Waals surface area contributed by atoms with E-state index < -0.39 is 0 Å². The molecule has 7 heteroatoms. The zero-order valence-electron chi connectivity index (χ0n) is 17.1. The average molecular weight is 401 g/mol. The van der Waals surface area contributed by atoms with Crippen LogP contribution in [0.15, 0.2) is 41.4 Å². The van der Waals surface area contributed by atoms with Crippen LogP contribution in [0.4, 0.5) is 4.39 Å². The van der Waals surface area contributed by atoms with E-state index in [0.717, 1.165) is 28.2 Å². The molecule has 1 aliphatic heterocycles. The van der Waals surface area contributed by atoms with Crippen LogP contribution in [0.5, 0.6) is 11.5 Å². The minimum Gasteiger partial charge on any atom is -0.489 e. The van der Waals surface area contributed by atoms with Crippen molar-refractivity contribution in [1.29, 1.82) is 0 Å². The van der Waals surface area contributed by atoms with Gasteiger partial charge < -0.3 is 24.8 Å². The van der Waals surface area contributed by atoms with Gasteiger partial charge in [-0.15, -0.1) is 0 Å². The molecule has 156 valence electrons. The number of rotatable bonds is 7. The molecule has 3 rings (SSSR count). The van der Waals surface area contributed by atoms with E-state index in [0.29, 0.717) is 32.1 Å². The molecule has 0 radical (unpaired) electrons. The summed E-state index contributed by atoms with van der Waals surface area (Å²) in [5, 5.41) is 6.51. The van der Waals surface area contributed by atoms with Gasteiger partial charge in [-0.1, -0.05) is 18.2 Å². The minimum absolute atomic E-state index is 0.0294. The van der Waals surface area contributed by atoms with Crippen molar-refractivity contribution in [1.82, 2.24) is 10.6 Å². The van der Waals surface area contributed by atoms with Gasteiger partial charge in [0.1, 0.15) is 23.4 Å². The second-order valence-electron chi connectivity index (χ2n) is 6.99. The maximum Gasteiger partial charge on any atom is 0.191 e. The second kappa shape index (κ2) is 10.1. The van der Waals surface area contributed by atoms with Crippen LogP contribution in [0.3, 0.4) is 0 Å². The molecule has 2 aromatic rings. The van der Waals surface area contributed by atoms with Crippen LogP contribution in [-0.2, 0) is 17.8 Å². The summed E-state index contributed by atoms with van der Waals surface area (Å²) in [6, 6.07) is 10.9. The van der Waals surface area contributed by atoms with Crippen molar-refractivity contribution in [3.8, 4) is 11.5 Å². The summed E-state index contributed by atoms with van der Waals surface area (Å²) in [5.41, 5.74) is 2.67. The van der Waals surface area contributed by atoms with E-state index in [2.05, 4.69) is 15.6 Å². The zero-order chi connectivity index (χ0) is 20.6. The Bertz CT molecular complexity index is 857. The molecule has 0 amide bonds. The van der Waals surface area contributed by atoms with Crippen molar-refractivity contribution in [2.75, 3.05) is 26.9 Å². The third-order valence-corrected chi connectivity index (χ3v) is 4.64. The molecule has 2 aromatic carbocycles. The van der Waals surface area contributed by atoms with Crippen molar-refractivity contribution in [2.24, 2.45) is 4.99 Å². The number of hydrogen-bond donors (Lipinski definition) is 2. The molecule has 1 unspecified atom stereocenters. The highest BCUT2D eigenvalue weighted by atomic mass is 19.1. The van der Waals surface area contributed by atoms with E-state index in [1.165, 1.54) is 12.1 Å². The molecule has 1 heterocycles. The maximum absolute atomic E-state index is 13.8. The van der Waals surface area contributed by atoms with Gasteiger partial charge in [0.05, 0.1) is 13.2 Å². The SMILES string of the molecule is CN=C(NCCc1cc(F)cc2c1OCOC2)NCC(C)Oc1ccccc1C. The van der Waals surface area contributed by atoms with Crippen molar-refractivity contribution in [3.05, 3.63) is 58.9 Å². The first kappa shape index (κ1) is 20.9. The monoisotopic (exact) mass is 401 g/mol. The Morgan fingerprint density at radius 2 is 2.10 bits per heavy atom. The topological polar surface area (TPSA) is 64.1 Å². The lowest BCUT2D eigenvalue weighted by Crippen LogP contribution is -2.42. The number of guanidine groups is 1. The van der Waals surface area contributed by atoms with Gasteiger partial charge in [0, 0.05) is 19.2 Å². The summed E-state index contributed by atoms with van der Waals surface area (Å²) in [6.07, 6.45) is 0.578. The summed E-state index contributed by atoms with van der Waals surface area (Å²) >= 11 is 0. The Morgan fingerprint density at radius 3 is 2.90 bits per heavy atom. The fourth-order valence-corrected chi connectivity index (χ4v) is 3.17. The Kier molecular flexibility index (Phi) is 7.30. The van der Waals surface area contributed by atoms with Crippen molar-refractivity contribution < 1.29 is 18.6 Å². The lowest BCUT2D eigenvalue weighted by molar-refractivity contribution is -0.0172. The summed E-state index contributed by atoms with van der Waals surface area (Å²) in [5.74, 6) is 1.99. The standard InChI is InChI=1S/C22H28FN3O3/c1-15-6-4-5-7-20(15)29-16(2)12-26-22(24-3)25-9-8-17-10-19(23)11-18-13-27-14-28-21(17)18/h4-7,10-11,16H,8-9,12-14H2,1-3H3,(H2,24,25,26). The molecule has 0 aromatic heterocycles. The number of para-hydroxylation sites is 1. The highest BCUT2D eigenvalue weighted by Gasteiger charge is 2.17. The first-order valence-corrected chi connectivity index (χ1v) is 9.75. The van der Waals surface area contributed by atoms with Gasteiger partial charge >= 0.3 is 0 Å². The largest absolute Gasteiger partial charge is 0.489 e. The van der Waals surface area contributed by atoms with Crippen molar-refractivity contribution in [3.63, 3.8) is 0 Å². The van der Waals surface area contributed by atoms with Gasteiger partial charge in [-0.3, -0.25) is 4.99 Å². The summed E-state index contributed by atoms with van der Waals surface area (Å²) < 4.78 is 30.6. The molecule has 6 nitrogen and oxygen atoms in total. The number of benzene rings is 2. The summed E-state index contributed by atoms with van der Waals surface area (Å²) in [6.45, 7) is 5.79. The van der Waals surface area contributed by atoms with Gasteiger partial charge in [0.25, 0.3) is 0 Å². The Hall–Kier alpha value is -2.80. The molecular weight excluding hydrogens is 373 g/mol. The molecule has 1 atom stereocenters. The third kappa shape index (κ3) is 5.84. The molecule has 0 aliphatic carbocycles. The van der Waals surface area contributed by atoms with E-state index in [9.17, 15) is 4.39 Å². The number of fused-ring (bicyclic) bond motifs is 1. The summed E-state index contributed by atoms with van der Waals surface area (Å²) in [7, 11) is 1.71. The van der Waals surface area contributed by atoms with E-state index in [1.54, 1.807) is 7.05 Å². The Morgan fingerprint density at radius 1 is 1.28 bits per heavy atom. The van der Waals surface area contributed by atoms with Crippen LogP contribution < -0.4 is 20.1 Å². The molecule has 0 spiro atoms. The van der Waals surface area contributed by atoms with E-state index in [4.69, 9.17) is 14.2 Å².